The summed E-state index contributed by atoms with van der Waals surface area (Å²) in [5, 5.41) is 5.36. The fourth-order valence-corrected chi connectivity index (χ4v) is 3.28. The van der Waals surface area contributed by atoms with E-state index >= 15 is 0 Å². The highest BCUT2D eigenvalue weighted by molar-refractivity contribution is 6.22. The molecule has 0 radical (unpaired) electrons. The maximum Gasteiger partial charge on any atom is 0.261 e. The molecule has 1 aliphatic heterocycles. The van der Waals surface area contributed by atoms with Crippen molar-refractivity contribution in [3.8, 4) is 5.75 Å². The molecule has 2 N–H and O–H groups in total. The number of hydrogen-bond donors (Lipinski definition) is 2. The predicted octanol–water partition coefficient (Wildman–Crippen LogP) is 2.17. The molecule has 3 rings (SSSR count). The smallest absolute Gasteiger partial charge is 0.261 e. The predicted molar refractivity (Wildman–Crippen MR) is 119 cm³/mol. The lowest BCUT2D eigenvalue weighted by molar-refractivity contribution is -0.123. The van der Waals surface area contributed by atoms with Gasteiger partial charge in [0, 0.05) is 25.2 Å². The standard InChI is InChI=1S/C24H27N3O5/c1-15(2)13-27-23(30)19-9-6-17(12-20(19)24(27)31)22(29)26-11-10-25-21(28)14-32-18-7-4-16(3)5-8-18/h4-9,12,15H,10-11,13-14H2,1-3H3,(H,25,28)(H,26,29). The van der Waals surface area contributed by atoms with Gasteiger partial charge in [0.15, 0.2) is 6.61 Å². The molecule has 32 heavy (non-hydrogen) atoms. The van der Waals surface area contributed by atoms with Gasteiger partial charge in [-0.1, -0.05) is 31.5 Å². The fraction of sp³-hybridized carbons (Fsp3) is 0.333. The molecule has 0 saturated heterocycles. The van der Waals surface area contributed by atoms with Crippen molar-refractivity contribution >= 4 is 23.6 Å². The lowest BCUT2D eigenvalue weighted by atomic mass is 10.1. The van der Waals surface area contributed by atoms with Crippen LogP contribution in [0.3, 0.4) is 0 Å². The minimum absolute atomic E-state index is 0.120. The summed E-state index contributed by atoms with van der Waals surface area (Å²) in [4.78, 5) is 50.5. The van der Waals surface area contributed by atoms with Crippen molar-refractivity contribution in [3.05, 3.63) is 64.7 Å². The largest absolute Gasteiger partial charge is 0.484 e. The summed E-state index contributed by atoms with van der Waals surface area (Å²) in [6.45, 7) is 6.47. The Morgan fingerprint density at radius 2 is 1.59 bits per heavy atom. The fourth-order valence-electron chi connectivity index (χ4n) is 3.28. The van der Waals surface area contributed by atoms with Gasteiger partial charge in [0.25, 0.3) is 23.6 Å². The van der Waals surface area contributed by atoms with Crippen LogP contribution in [-0.4, -0.2) is 54.8 Å². The van der Waals surface area contributed by atoms with E-state index in [9.17, 15) is 19.2 Å². The zero-order valence-corrected chi connectivity index (χ0v) is 18.4. The summed E-state index contributed by atoms with van der Waals surface area (Å²) in [7, 11) is 0. The van der Waals surface area contributed by atoms with Gasteiger partial charge in [-0.2, -0.15) is 0 Å². The molecule has 2 aromatic carbocycles. The zero-order valence-electron chi connectivity index (χ0n) is 18.4. The average molecular weight is 437 g/mol. The maximum absolute atomic E-state index is 12.5. The van der Waals surface area contributed by atoms with Gasteiger partial charge in [-0.25, -0.2) is 0 Å². The first-order valence-electron chi connectivity index (χ1n) is 10.5. The highest BCUT2D eigenvalue weighted by atomic mass is 16.5. The Kier molecular flexibility index (Phi) is 7.25. The second-order valence-corrected chi connectivity index (χ2v) is 8.08. The van der Waals surface area contributed by atoms with E-state index < -0.39 is 0 Å². The first kappa shape index (κ1) is 23.0. The van der Waals surface area contributed by atoms with Gasteiger partial charge in [0.1, 0.15) is 5.75 Å². The van der Waals surface area contributed by atoms with E-state index in [2.05, 4.69) is 10.6 Å². The van der Waals surface area contributed by atoms with E-state index in [1.54, 1.807) is 12.1 Å². The Bertz CT molecular complexity index is 1030. The molecule has 168 valence electrons. The van der Waals surface area contributed by atoms with Gasteiger partial charge in [0.2, 0.25) is 0 Å². The Balaban J connectivity index is 1.45. The number of benzene rings is 2. The lowest BCUT2D eigenvalue weighted by Gasteiger charge is -2.15. The molecule has 0 aliphatic carbocycles. The average Bonchev–Trinajstić information content (AvgIpc) is 3.00. The van der Waals surface area contributed by atoms with Crippen LogP contribution < -0.4 is 15.4 Å². The van der Waals surface area contributed by atoms with Gasteiger partial charge < -0.3 is 15.4 Å². The zero-order chi connectivity index (χ0) is 23.3. The molecule has 0 saturated carbocycles. The topological polar surface area (TPSA) is 105 Å². The summed E-state index contributed by atoms with van der Waals surface area (Å²) >= 11 is 0. The molecule has 4 amide bonds. The van der Waals surface area contributed by atoms with Gasteiger partial charge in [-0.15, -0.1) is 0 Å². The van der Waals surface area contributed by atoms with E-state index in [4.69, 9.17) is 4.74 Å². The molecule has 1 aliphatic rings. The molecule has 0 spiro atoms. The van der Waals surface area contributed by atoms with Gasteiger partial charge >= 0.3 is 0 Å². The second kappa shape index (κ2) is 10.1. The van der Waals surface area contributed by atoms with E-state index in [1.165, 1.54) is 23.1 Å². The highest BCUT2D eigenvalue weighted by Gasteiger charge is 2.36. The Hall–Kier alpha value is -3.68. The van der Waals surface area contributed by atoms with Crippen molar-refractivity contribution in [1.82, 2.24) is 15.5 Å². The summed E-state index contributed by atoms with van der Waals surface area (Å²) < 4.78 is 5.40. The first-order valence-corrected chi connectivity index (χ1v) is 10.5. The molecule has 0 unspecified atom stereocenters. The van der Waals surface area contributed by atoms with Crippen LogP contribution in [0.1, 0.15) is 50.5 Å². The van der Waals surface area contributed by atoms with Crippen molar-refractivity contribution in [3.63, 3.8) is 0 Å². The Labute approximate surface area is 186 Å². The molecule has 8 heteroatoms. The van der Waals surface area contributed by atoms with E-state index in [0.29, 0.717) is 17.9 Å². The molecule has 1 heterocycles. The van der Waals surface area contributed by atoms with Crippen molar-refractivity contribution < 1.29 is 23.9 Å². The number of rotatable bonds is 9. The molecular weight excluding hydrogens is 410 g/mol. The number of fused-ring (bicyclic) bond motifs is 1. The van der Waals surface area contributed by atoms with Crippen LogP contribution in [-0.2, 0) is 4.79 Å². The van der Waals surface area contributed by atoms with Crippen molar-refractivity contribution in [2.75, 3.05) is 26.2 Å². The minimum atomic E-state index is -0.388. The monoisotopic (exact) mass is 437 g/mol. The number of ether oxygens (including phenoxy) is 1. The summed E-state index contributed by atoms with van der Waals surface area (Å²) in [6, 6.07) is 11.8. The number of nitrogens with one attached hydrogen (secondary N) is 2. The van der Waals surface area contributed by atoms with Crippen LogP contribution in [0.5, 0.6) is 5.75 Å². The summed E-state index contributed by atoms with van der Waals surface area (Å²) in [5.74, 6) is -0.643. The van der Waals surface area contributed by atoms with Gasteiger partial charge in [-0.05, 0) is 43.2 Å². The van der Waals surface area contributed by atoms with Crippen LogP contribution in [0.4, 0.5) is 0 Å². The number of nitrogens with zero attached hydrogens (tertiary/aromatic N) is 1. The van der Waals surface area contributed by atoms with Crippen molar-refractivity contribution in [2.24, 2.45) is 5.92 Å². The molecular formula is C24H27N3O5. The lowest BCUT2D eigenvalue weighted by Crippen LogP contribution is -2.36. The number of aryl methyl sites for hydroxylation is 1. The van der Waals surface area contributed by atoms with Crippen LogP contribution in [0.25, 0.3) is 0 Å². The molecule has 8 nitrogen and oxygen atoms in total. The van der Waals surface area contributed by atoms with E-state index in [0.717, 1.165) is 5.56 Å². The first-order chi connectivity index (χ1) is 15.3. The Morgan fingerprint density at radius 1 is 0.938 bits per heavy atom. The molecule has 2 aromatic rings. The van der Waals surface area contributed by atoms with Crippen LogP contribution in [0.2, 0.25) is 0 Å². The number of hydrogen-bond acceptors (Lipinski definition) is 5. The van der Waals surface area contributed by atoms with Crippen molar-refractivity contribution in [2.45, 2.75) is 20.8 Å². The van der Waals surface area contributed by atoms with Gasteiger partial charge in [0.05, 0.1) is 11.1 Å². The normalized spacial score (nSPS) is 12.7. The van der Waals surface area contributed by atoms with Crippen LogP contribution in [0.15, 0.2) is 42.5 Å². The third kappa shape index (κ3) is 5.51. The van der Waals surface area contributed by atoms with Gasteiger partial charge in [-0.3, -0.25) is 24.1 Å². The highest BCUT2D eigenvalue weighted by Crippen LogP contribution is 2.24. The summed E-state index contributed by atoms with van der Waals surface area (Å²) in [5.41, 5.74) is 1.94. The van der Waals surface area contributed by atoms with E-state index in [-0.39, 0.29) is 60.4 Å². The molecule has 0 atom stereocenters. The Morgan fingerprint density at radius 3 is 2.28 bits per heavy atom. The van der Waals surface area contributed by atoms with Crippen LogP contribution in [0, 0.1) is 12.8 Å². The molecule has 0 fully saturated rings. The molecule has 0 bridgehead atoms. The SMILES string of the molecule is Cc1ccc(OCC(=O)NCCNC(=O)c2ccc3c(c2)C(=O)N(CC(C)C)C3=O)cc1. The quantitative estimate of drug-likeness (QED) is 0.462. The number of amides is 4. The second-order valence-electron chi connectivity index (χ2n) is 8.08. The number of imide groups is 1. The molecule has 0 aromatic heterocycles. The maximum atomic E-state index is 12.5. The third-order valence-electron chi connectivity index (χ3n) is 4.90. The minimum Gasteiger partial charge on any atom is -0.484 e. The van der Waals surface area contributed by atoms with Crippen LogP contribution >= 0.6 is 0 Å². The third-order valence-corrected chi connectivity index (χ3v) is 4.90. The number of carbonyl (C=O) groups excluding carboxylic acids is 4. The number of carbonyl (C=O) groups is 4. The van der Waals surface area contributed by atoms with E-state index in [1.807, 2.05) is 32.9 Å². The summed E-state index contributed by atoms with van der Waals surface area (Å²) in [6.07, 6.45) is 0. The van der Waals surface area contributed by atoms with Crippen molar-refractivity contribution in [1.29, 1.82) is 0 Å².